The average molecular weight is 260 g/mol. The second-order valence-electron chi connectivity index (χ2n) is 5.06. The highest BCUT2D eigenvalue weighted by molar-refractivity contribution is 5.52. The summed E-state index contributed by atoms with van der Waals surface area (Å²) in [6.07, 6.45) is 5.67. The highest BCUT2D eigenvalue weighted by atomic mass is 19.1. The third-order valence-electron chi connectivity index (χ3n) is 3.70. The number of nitrogens with zero attached hydrogens (tertiary/aromatic N) is 4. The molecule has 1 atom stereocenters. The lowest BCUT2D eigenvalue weighted by molar-refractivity contribution is 0.274. The molecule has 19 heavy (non-hydrogen) atoms. The van der Waals surface area contributed by atoms with Gasteiger partial charge in [0.15, 0.2) is 0 Å². The van der Waals surface area contributed by atoms with Crippen molar-refractivity contribution in [3.8, 4) is 11.4 Å². The maximum atomic E-state index is 12.8. The second kappa shape index (κ2) is 5.09. The first-order valence-corrected chi connectivity index (χ1v) is 6.58. The van der Waals surface area contributed by atoms with E-state index < -0.39 is 0 Å². The van der Waals surface area contributed by atoms with Crippen LogP contribution in [0, 0.1) is 5.82 Å². The summed E-state index contributed by atoms with van der Waals surface area (Å²) in [5, 5.41) is 4.51. The molecular weight excluding hydrogens is 243 g/mol. The summed E-state index contributed by atoms with van der Waals surface area (Å²) in [7, 11) is 2.16. The molecule has 3 rings (SSSR count). The topological polar surface area (TPSA) is 34.0 Å². The molecule has 0 saturated carbocycles. The van der Waals surface area contributed by atoms with Gasteiger partial charge in [0.1, 0.15) is 11.5 Å². The molecule has 0 N–H and O–H groups in total. The van der Waals surface area contributed by atoms with Crippen molar-refractivity contribution in [1.82, 2.24) is 19.7 Å². The first-order valence-electron chi connectivity index (χ1n) is 6.58. The average Bonchev–Trinajstić information content (AvgIpc) is 3.01. The first-order chi connectivity index (χ1) is 9.22. The molecule has 0 aliphatic carbocycles. The van der Waals surface area contributed by atoms with Crippen LogP contribution in [0.25, 0.3) is 11.4 Å². The van der Waals surface area contributed by atoms with Crippen LogP contribution in [0.2, 0.25) is 0 Å². The Hall–Kier alpha value is -1.75. The molecule has 2 aromatic heterocycles. The maximum absolute atomic E-state index is 12.8. The van der Waals surface area contributed by atoms with Crippen molar-refractivity contribution in [1.29, 1.82) is 0 Å². The lowest BCUT2D eigenvalue weighted by atomic mass is 10.2. The van der Waals surface area contributed by atoms with Gasteiger partial charge in [-0.25, -0.2) is 4.39 Å². The minimum absolute atomic E-state index is 0.323. The van der Waals surface area contributed by atoms with E-state index in [9.17, 15) is 4.39 Å². The smallest absolute Gasteiger partial charge is 0.141 e. The summed E-state index contributed by atoms with van der Waals surface area (Å²) in [4.78, 5) is 6.42. The van der Waals surface area contributed by atoms with Gasteiger partial charge in [-0.05, 0) is 44.6 Å². The Bertz CT molecular complexity index is 549. The monoisotopic (exact) mass is 260 g/mol. The third kappa shape index (κ3) is 2.66. The fraction of sp³-hybridized carbons (Fsp3) is 0.429. The van der Waals surface area contributed by atoms with E-state index >= 15 is 0 Å². The van der Waals surface area contributed by atoms with Crippen LogP contribution in [0.1, 0.15) is 12.8 Å². The lowest BCUT2D eigenvalue weighted by Gasteiger charge is -2.18. The quantitative estimate of drug-likeness (QED) is 0.848. The van der Waals surface area contributed by atoms with Gasteiger partial charge < -0.3 is 4.90 Å². The van der Waals surface area contributed by atoms with E-state index in [1.165, 1.54) is 25.1 Å². The van der Waals surface area contributed by atoms with Gasteiger partial charge in [-0.1, -0.05) is 0 Å². The minimum atomic E-state index is -0.323. The molecule has 1 aliphatic heterocycles. The van der Waals surface area contributed by atoms with E-state index in [0.29, 0.717) is 11.7 Å². The van der Waals surface area contributed by atoms with Crippen LogP contribution < -0.4 is 0 Å². The first kappa shape index (κ1) is 12.3. The summed E-state index contributed by atoms with van der Waals surface area (Å²) >= 11 is 0. The molecule has 100 valence electrons. The van der Waals surface area contributed by atoms with E-state index in [4.69, 9.17) is 0 Å². The molecule has 2 aromatic rings. The van der Waals surface area contributed by atoms with Crippen molar-refractivity contribution in [2.75, 3.05) is 13.6 Å². The van der Waals surface area contributed by atoms with Crippen LogP contribution in [0.4, 0.5) is 4.39 Å². The van der Waals surface area contributed by atoms with Crippen molar-refractivity contribution in [2.24, 2.45) is 0 Å². The number of aromatic nitrogens is 3. The van der Waals surface area contributed by atoms with Crippen LogP contribution in [-0.2, 0) is 6.54 Å². The molecule has 0 amide bonds. The molecule has 1 saturated heterocycles. The van der Waals surface area contributed by atoms with Crippen LogP contribution >= 0.6 is 0 Å². The number of likely N-dealkylation sites (tertiary alicyclic amines) is 1. The second-order valence-corrected chi connectivity index (χ2v) is 5.06. The summed E-state index contributed by atoms with van der Waals surface area (Å²) in [5.74, 6) is -0.323. The highest BCUT2D eigenvalue weighted by Crippen LogP contribution is 2.18. The van der Waals surface area contributed by atoms with E-state index in [0.717, 1.165) is 18.8 Å². The Morgan fingerprint density at radius 1 is 1.32 bits per heavy atom. The predicted molar refractivity (Wildman–Crippen MR) is 71.1 cm³/mol. The molecule has 0 spiro atoms. The predicted octanol–water partition coefficient (Wildman–Crippen LogP) is 2.18. The van der Waals surface area contributed by atoms with Gasteiger partial charge in [-0.15, -0.1) is 0 Å². The van der Waals surface area contributed by atoms with Gasteiger partial charge in [0.05, 0.1) is 18.4 Å². The Labute approximate surface area is 111 Å². The van der Waals surface area contributed by atoms with E-state index in [2.05, 4.69) is 22.0 Å². The summed E-state index contributed by atoms with van der Waals surface area (Å²) < 4.78 is 14.8. The fourth-order valence-corrected chi connectivity index (χ4v) is 2.55. The van der Waals surface area contributed by atoms with Crippen LogP contribution in [0.15, 0.2) is 30.6 Å². The van der Waals surface area contributed by atoms with Crippen LogP contribution in [-0.4, -0.2) is 39.3 Å². The van der Waals surface area contributed by atoms with Gasteiger partial charge in [-0.2, -0.15) is 5.10 Å². The van der Waals surface area contributed by atoms with Gasteiger partial charge >= 0.3 is 0 Å². The van der Waals surface area contributed by atoms with Crippen LogP contribution in [0.5, 0.6) is 0 Å². The largest absolute Gasteiger partial charge is 0.302 e. The van der Waals surface area contributed by atoms with E-state index in [1.807, 2.05) is 16.9 Å². The van der Waals surface area contributed by atoms with Gasteiger partial charge in [0, 0.05) is 12.2 Å². The van der Waals surface area contributed by atoms with E-state index in [-0.39, 0.29) is 5.82 Å². The lowest BCUT2D eigenvalue weighted by Crippen LogP contribution is -2.29. The van der Waals surface area contributed by atoms with Gasteiger partial charge in [0.2, 0.25) is 0 Å². The number of likely N-dealkylation sites (N-methyl/N-ethyl adjacent to an activating group) is 1. The molecule has 1 aliphatic rings. The number of rotatable bonds is 3. The Morgan fingerprint density at radius 3 is 2.89 bits per heavy atom. The molecule has 0 radical (unpaired) electrons. The molecule has 5 heteroatoms. The Balaban J connectivity index is 1.74. The van der Waals surface area contributed by atoms with Crippen molar-refractivity contribution in [2.45, 2.75) is 25.4 Å². The van der Waals surface area contributed by atoms with Crippen molar-refractivity contribution in [3.63, 3.8) is 0 Å². The van der Waals surface area contributed by atoms with Crippen molar-refractivity contribution < 1.29 is 4.39 Å². The van der Waals surface area contributed by atoms with E-state index in [1.54, 1.807) is 6.07 Å². The summed E-state index contributed by atoms with van der Waals surface area (Å²) in [6, 6.07) is 5.55. The van der Waals surface area contributed by atoms with Gasteiger partial charge in [-0.3, -0.25) is 9.67 Å². The molecule has 1 fully saturated rings. The molecule has 4 nitrogen and oxygen atoms in total. The number of hydrogen-bond donors (Lipinski definition) is 0. The highest BCUT2D eigenvalue weighted by Gasteiger charge is 2.21. The summed E-state index contributed by atoms with van der Waals surface area (Å²) in [6.45, 7) is 2.07. The zero-order valence-electron chi connectivity index (χ0n) is 11.0. The normalized spacial score (nSPS) is 20.0. The van der Waals surface area contributed by atoms with Crippen LogP contribution in [0.3, 0.4) is 0 Å². The standard InChI is InChI=1S/C14H17FN4/c1-18-7-2-3-12(18)10-19-8-6-14(17-19)13-5-4-11(15)9-16-13/h4-6,8-9,12H,2-3,7,10H2,1H3/t12-/m0/s1. The molecular formula is C14H17FN4. The Morgan fingerprint density at radius 2 is 2.21 bits per heavy atom. The molecule has 0 unspecified atom stereocenters. The number of halogens is 1. The molecule has 0 bridgehead atoms. The summed E-state index contributed by atoms with van der Waals surface area (Å²) in [5.41, 5.74) is 1.50. The minimum Gasteiger partial charge on any atom is -0.302 e. The van der Waals surface area contributed by atoms with Crippen molar-refractivity contribution in [3.05, 3.63) is 36.4 Å². The fourth-order valence-electron chi connectivity index (χ4n) is 2.55. The van der Waals surface area contributed by atoms with Gasteiger partial charge in [0.25, 0.3) is 0 Å². The molecule has 3 heterocycles. The third-order valence-corrected chi connectivity index (χ3v) is 3.70. The number of pyridine rings is 1. The SMILES string of the molecule is CN1CCC[C@H]1Cn1ccc(-c2ccc(F)cn2)n1. The number of hydrogen-bond acceptors (Lipinski definition) is 3. The van der Waals surface area contributed by atoms with Crippen molar-refractivity contribution >= 4 is 0 Å². The molecule has 0 aromatic carbocycles. The Kier molecular flexibility index (Phi) is 3.29. The zero-order valence-corrected chi connectivity index (χ0v) is 11.0. The maximum Gasteiger partial charge on any atom is 0.141 e. The zero-order chi connectivity index (χ0) is 13.2.